The van der Waals surface area contributed by atoms with Crippen molar-refractivity contribution in [2.24, 2.45) is 0 Å². The Bertz CT molecular complexity index is 1350. The Labute approximate surface area is 189 Å². The summed E-state index contributed by atoms with van der Waals surface area (Å²) in [4.78, 5) is 17.9. The minimum Gasteiger partial charge on any atom is -0.486 e. The van der Waals surface area contributed by atoms with Crippen LogP contribution in [0.2, 0.25) is 0 Å². The second-order valence-electron chi connectivity index (χ2n) is 7.80. The van der Waals surface area contributed by atoms with E-state index in [4.69, 9.17) is 18.9 Å². The van der Waals surface area contributed by atoms with Gasteiger partial charge in [-0.25, -0.2) is 0 Å². The molecule has 1 N–H and O–H groups in total. The van der Waals surface area contributed by atoms with Crippen LogP contribution in [0.1, 0.15) is 11.7 Å². The molecular formula is C26H20N2O5. The van der Waals surface area contributed by atoms with Crippen molar-refractivity contribution >= 4 is 22.5 Å². The molecule has 0 bridgehead atoms. The van der Waals surface area contributed by atoms with Crippen molar-refractivity contribution in [3.8, 4) is 23.0 Å². The number of carbonyl (C=O) groups excluding carboxylic acids is 1. The van der Waals surface area contributed by atoms with E-state index in [1.165, 1.54) is 0 Å². The highest BCUT2D eigenvalue weighted by Gasteiger charge is 2.39. The van der Waals surface area contributed by atoms with Gasteiger partial charge < -0.3 is 24.3 Å². The Hall–Kier alpha value is -4.26. The predicted molar refractivity (Wildman–Crippen MR) is 122 cm³/mol. The predicted octanol–water partition coefficient (Wildman–Crippen LogP) is 4.53. The number of pyridine rings is 1. The zero-order valence-electron chi connectivity index (χ0n) is 17.6. The van der Waals surface area contributed by atoms with E-state index < -0.39 is 12.2 Å². The monoisotopic (exact) mass is 440 g/mol. The van der Waals surface area contributed by atoms with E-state index in [9.17, 15) is 4.79 Å². The molecule has 0 aliphatic carbocycles. The van der Waals surface area contributed by atoms with Crippen molar-refractivity contribution in [2.75, 3.05) is 18.5 Å². The van der Waals surface area contributed by atoms with Gasteiger partial charge in [0, 0.05) is 17.1 Å². The summed E-state index contributed by atoms with van der Waals surface area (Å²) in [6.07, 6.45) is 0.0898. The highest BCUT2D eigenvalue weighted by atomic mass is 16.6. The Kier molecular flexibility index (Phi) is 4.72. The number of fused-ring (bicyclic) bond motifs is 3. The number of aromatic nitrogens is 1. The van der Waals surface area contributed by atoms with E-state index in [1.54, 1.807) is 12.3 Å². The summed E-state index contributed by atoms with van der Waals surface area (Å²) in [7, 11) is 0. The third kappa shape index (κ3) is 3.57. The summed E-state index contributed by atoms with van der Waals surface area (Å²) < 4.78 is 23.8. The van der Waals surface area contributed by atoms with Gasteiger partial charge in [0.05, 0.1) is 11.2 Å². The van der Waals surface area contributed by atoms with Gasteiger partial charge in [-0.05, 0) is 36.4 Å². The van der Waals surface area contributed by atoms with Crippen molar-refractivity contribution in [3.05, 3.63) is 84.6 Å². The van der Waals surface area contributed by atoms with Gasteiger partial charge in [0.25, 0.3) is 5.91 Å². The number of carbonyl (C=O) groups is 1. The third-order valence-electron chi connectivity index (χ3n) is 5.68. The van der Waals surface area contributed by atoms with E-state index in [0.29, 0.717) is 47.4 Å². The smallest absolute Gasteiger partial charge is 0.269 e. The first-order chi connectivity index (χ1) is 16.3. The highest BCUT2D eigenvalue weighted by Crippen LogP contribution is 2.42. The van der Waals surface area contributed by atoms with Crippen LogP contribution in [0.3, 0.4) is 0 Å². The standard InChI is InChI=1S/C26H20N2O5/c29-26(28-18-7-3-5-16-6-4-12-27-23(16)18)25-24(32-20-8-1-2-9-21(20)33-25)17-10-11-19-22(15-17)31-14-13-30-19/h1-12,15,24-25H,13-14H2,(H,28,29)/t24-,25-/m1/s1. The molecule has 7 heteroatoms. The van der Waals surface area contributed by atoms with Crippen LogP contribution >= 0.6 is 0 Å². The molecule has 1 aromatic heterocycles. The van der Waals surface area contributed by atoms with Gasteiger partial charge >= 0.3 is 0 Å². The first-order valence-corrected chi connectivity index (χ1v) is 10.7. The van der Waals surface area contributed by atoms with Gasteiger partial charge in [-0.15, -0.1) is 0 Å². The number of hydrogen-bond acceptors (Lipinski definition) is 6. The number of amides is 1. The highest BCUT2D eigenvalue weighted by molar-refractivity contribution is 6.02. The van der Waals surface area contributed by atoms with E-state index >= 15 is 0 Å². The van der Waals surface area contributed by atoms with Gasteiger partial charge in [0.2, 0.25) is 6.10 Å². The molecular weight excluding hydrogens is 420 g/mol. The summed E-state index contributed by atoms with van der Waals surface area (Å²) >= 11 is 0. The van der Waals surface area contributed by atoms with Gasteiger partial charge in [-0.1, -0.05) is 36.4 Å². The van der Waals surface area contributed by atoms with Gasteiger partial charge in [-0.3, -0.25) is 9.78 Å². The van der Waals surface area contributed by atoms with Crippen molar-refractivity contribution in [2.45, 2.75) is 12.2 Å². The van der Waals surface area contributed by atoms with Crippen LogP contribution < -0.4 is 24.3 Å². The van der Waals surface area contributed by atoms with Crippen molar-refractivity contribution in [1.29, 1.82) is 0 Å². The van der Waals surface area contributed by atoms with E-state index in [-0.39, 0.29) is 5.91 Å². The summed E-state index contributed by atoms with van der Waals surface area (Å²) in [5.74, 6) is 2.06. The molecule has 33 heavy (non-hydrogen) atoms. The lowest BCUT2D eigenvalue weighted by molar-refractivity contribution is -0.128. The first-order valence-electron chi connectivity index (χ1n) is 10.7. The fraction of sp³-hybridized carbons (Fsp3) is 0.154. The van der Waals surface area contributed by atoms with Crippen LogP contribution in [-0.4, -0.2) is 30.2 Å². The van der Waals surface area contributed by atoms with Crippen LogP contribution in [0.4, 0.5) is 5.69 Å². The molecule has 7 nitrogen and oxygen atoms in total. The molecule has 2 aliphatic heterocycles. The molecule has 0 unspecified atom stereocenters. The Morgan fingerprint density at radius 1 is 0.818 bits per heavy atom. The van der Waals surface area contributed by atoms with Crippen molar-refractivity contribution in [3.63, 3.8) is 0 Å². The maximum absolute atomic E-state index is 13.5. The Morgan fingerprint density at radius 3 is 2.48 bits per heavy atom. The molecule has 2 aliphatic rings. The van der Waals surface area contributed by atoms with Gasteiger partial charge in [0.15, 0.2) is 29.1 Å². The SMILES string of the molecule is O=C(Nc1cccc2cccnc12)[C@@H]1Oc2ccccc2O[C@@H]1c1ccc2c(c1)OCCO2. The summed E-state index contributed by atoms with van der Waals surface area (Å²) in [5, 5.41) is 3.92. The third-order valence-corrected chi connectivity index (χ3v) is 5.68. The maximum Gasteiger partial charge on any atom is 0.269 e. The quantitative estimate of drug-likeness (QED) is 0.505. The van der Waals surface area contributed by atoms with Crippen LogP contribution in [0.15, 0.2) is 79.0 Å². The first kappa shape index (κ1) is 19.4. The van der Waals surface area contributed by atoms with Crippen LogP contribution in [0, 0.1) is 0 Å². The molecule has 0 saturated carbocycles. The van der Waals surface area contributed by atoms with Crippen LogP contribution in [-0.2, 0) is 4.79 Å². The number of nitrogens with one attached hydrogen (secondary N) is 1. The lowest BCUT2D eigenvalue weighted by Crippen LogP contribution is -2.42. The van der Waals surface area contributed by atoms with Crippen molar-refractivity contribution < 1.29 is 23.7 Å². The van der Waals surface area contributed by atoms with Crippen LogP contribution in [0.25, 0.3) is 10.9 Å². The van der Waals surface area contributed by atoms with Gasteiger partial charge in [-0.2, -0.15) is 0 Å². The van der Waals surface area contributed by atoms with Crippen LogP contribution in [0.5, 0.6) is 23.0 Å². The number of para-hydroxylation sites is 3. The van der Waals surface area contributed by atoms with E-state index in [1.807, 2.05) is 66.7 Å². The molecule has 0 fully saturated rings. The number of rotatable bonds is 3. The molecule has 4 aromatic rings. The summed E-state index contributed by atoms with van der Waals surface area (Å²) in [6, 6.07) is 22.3. The molecule has 0 saturated heterocycles. The molecule has 0 radical (unpaired) electrons. The van der Waals surface area contributed by atoms with Gasteiger partial charge in [0.1, 0.15) is 13.2 Å². The number of hydrogen-bond donors (Lipinski definition) is 1. The topological polar surface area (TPSA) is 78.9 Å². The minimum absolute atomic E-state index is 0.331. The largest absolute Gasteiger partial charge is 0.486 e. The number of anilines is 1. The molecule has 164 valence electrons. The normalized spacial score (nSPS) is 18.5. The summed E-state index contributed by atoms with van der Waals surface area (Å²) in [6.45, 7) is 0.978. The molecule has 3 heterocycles. The lowest BCUT2D eigenvalue weighted by atomic mass is 10.0. The molecule has 6 rings (SSSR count). The number of benzene rings is 3. The number of nitrogens with zero attached hydrogens (tertiary/aromatic N) is 1. The average molecular weight is 440 g/mol. The summed E-state index contributed by atoms with van der Waals surface area (Å²) in [5.41, 5.74) is 2.08. The molecule has 0 spiro atoms. The zero-order valence-corrected chi connectivity index (χ0v) is 17.6. The second-order valence-corrected chi connectivity index (χ2v) is 7.80. The maximum atomic E-state index is 13.5. The molecule has 3 aromatic carbocycles. The Morgan fingerprint density at radius 2 is 1.61 bits per heavy atom. The average Bonchev–Trinajstić information content (AvgIpc) is 2.88. The van der Waals surface area contributed by atoms with Crippen molar-refractivity contribution in [1.82, 2.24) is 4.98 Å². The number of ether oxygens (including phenoxy) is 4. The van der Waals surface area contributed by atoms with E-state index in [0.717, 1.165) is 10.9 Å². The molecule has 2 atom stereocenters. The van der Waals surface area contributed by atoms with E-state index in [2.05, 4.69) is 10.3 Å². The second kappa shape index (κ2) is 8.02. The fourth-order valence-corrected chi connectivity index (χ4v) is 4.12. The minimum atomic E-state index is -0.929. The lowest BCUT2D eigenvalue weighted by Gasteiger charge is -2.33. The Balaban J connectivity index is 1.37. The fourth-order valence-electron chi connectivity index (χ4n) is 4.12. The zero-order chi connectivity index (χ0) is 22.2. The molecule has 1 amide bonds.